The summed E-state index contributed by atoms with van der Waals surface area (Å²) in [6, 6.07) is 11.4. The third-order valence-corrected chi connectivity index (χ3v) is 3.54. The van der Waals surface area contributed by atoms with E-state index in [4.69, 9.17) is 11.6 Å². The fourth-order valence-electron chi connectivity index (χ4n) is 2.44. The molecule has 0 saturated heterocycles. The van der Waals surface area contributed by atoms with Gasteiger partial charge in [0.2, 0.25) is 0 Å². The van der Waals surface area contributed by atoms with Gasteiger partial charge in [0.15, 0.2) is 0 Å². The maximum absolute atomic E-state index is 12.6. The summed E-state index contributed by atoms with van der Waals surface area (Å²) < 4.78 is 0. The summed E-state index contributed by atoms with van der Waals surface area (Å²) in [7, 11) is 0. The lowest BCUT2D eigenvalue weighted by Gasteiger charge is -2.29. The maximum atomic E-state index is 12.6. The molecule has 1 aliphatic rings. The third-order valence-electron chi connectivity index (χ3n) is 3.33. The van der Waals surface area contributed by atoms with Gasteiger partial charge in [0.25, 0.3) is 5.91 Å². The molecular formula is C15H13ClN2O. The van der Waals surface area contributed by atoms with Crippen LogP contribution in [0.15, 0.2) is 42.6 Å². The highest BCUT2D eigenvalue weighted by atomic mass is 35.5. The van der Waals surface area contributed by atoms with E-state index in [0.29, 0.717) is 10.7 Å². The number of nitrogens with zero attached hydrogens (tertiary/aromatic N) is 2. The van der Waals surface area contributed by atoms with Gasteiger partial charge in [0, 0.05) is 24.0 Å². The van der Waals surface area contributed by atoms with E-state index < -0.39 is 0 Å². The van der Waals surface area contributed by atoms with Gasteiger partial charge in [-0.25, -0.2) is 4.98 Å². The summed E-state index contributed by atoms with van der Waals surface area (Å²) in [5.41, 5.74) is 2.81. The molecule has 0 saturated carbocycles. The molecule has 0 fully saturated rings. The number of carbonyl (C=O) groups is 1. The number of para-hydroxylation sites is 1. The number of halogens is 1. The minimum atomic E-state index is -0.0172. The van der Waals surface area contributed by atoms with Crippen molar-refractivity contribution in [3.05, 3.63) is 58.9 Å². The van der Waals surface area contributed by atoms with E-state index in [0.717, 1.165) is 25.1 Å². The number of fused-ring (bicyclic) bond motifs is 1. The lowest BCUT2D eigenvalue weighted by Crippen LogP contribution is -2.35. The number of carbonyl (C=O) groups excluding carboxylic acids is 1. The summed E-state index contributed by atoms with van der Waals surface area (Å²) in [5, 5.41) is 0.344. The van der Waals surface area contributed by atoms with Crippen LogP contribution in [0.4, 0.5) is 5.69 Å². The van der Waals surface area contributed by atoms with Crippen molar-refractivity contribution in [2.75, 3.05) is 11.4 Å². The van der Waals surface area contributed by atoms with Crippen LogP contribution in [0.25, 0.3) is 0 Å². The number of rotatable bonds is 1. The highest BCUT2D eigenvalue weighted by molar-refractivity contribution is 6.29. The molecule has 4 heteroatoms. The number of pyridine rings is 1. The molecular weight excluding hydrogens is 260 g/mol. The number of aryl methyl sites for hydroxylation is 1. The Morgan fingerprint density at radius 3 is 2.95 bits per heavy atom. The molecule has 0 aliphatic carbocycles. The van der Waals surface area contributed by atoms with Crippen LogP contribution >= 0.6 is 11.6 Å². The van der Waals surface area contributed by atoms with Crippen molar-refractivity contribution < 1.29 is 4.79 Å². The zero-order valence-electron chi connectivity index (χ0n) is 10.3. The van der Waals surface area contributed by atoms with Crippen LogP contribution < -0.4 is 4.90 Å². The Kier molecular flexibility index (Phi) is 3.22. The Labute approximate surface area is 116 Å². The summed E-state index contributed by atoms with van der Waals surface area (Å²) in [5.74, 6) is -0.0172. The molecule has 96 valence electrons. The second-order valence-corrected chi connectivity index (χ2v) is 4.94. The predicted octanol–water partition coefficient (Wildman–Crippen LogP) is 3.33. The Morgan fingerprint density at radius 2 is 2.11 bits per heavy atom. The largest absolute Gasteiger partial charge is 0.308 e. The van der Waals surface area contributed by atoms with Crippen molar-refractivity contribution in [3.8, 4) is 0 Å². The van der Waals surface area contributed by atoms with Gasteiger partial charge in [-0.3, -0.25) is 4.79 Å². The Morgan fingerprint density at radius 1 is 1.26 bits per heavy atom. The molecule has 0 atom stereocenters. The van der Waals surface area contributed by atoms with Gasteiger partial charge in [0.05, 0.1) is 0 Å². The lowest BCUT2D eigenvalue weighted by molar-refractivity contribution is 0.0985. The van der Waals surface area contributed by atoms with Gasteiger partial charge in [-0.1, -0.05) is 29.8 Å². The molecule has 0 radical (unpaired) electrons. The Bertz CT molecular complexity index is 627. The van der Waals surface area contributed by atoms with Gasteiger partial charge in [0.1, 0.15) is 5.15 Å². The maximum Gasteiger partial charge on any atom is 0.258 e. The second-order valence-electron chi connectivity index (χ2n) is 4.56. The quantitative estimate of drug-likeness (QED) is 0.746. The van der Waals surface area contributed by atoms with Crippen LogP contribution in [0.1, 0.15) is 22.3 Å². The number of benzene rings is 1. The molecule has 2 aromatic rings. The molecule has 19 heavy (non-hydrogen) atoms. The van der Waals surface area contributed by atoms with E-state index in [1.807, 2.05) is 23.1 Å². The molecule has 3 rings (SSSR count). The molecule has 0 spiro atoms. The first-order valence-corrected chi connectivity index (χ1v) is 6.65. The monoisotopic (exact) mass is 272 g/mol. The summed E-state index contributed by atoms with van der Waals surface area (Å²) in [6.07, 6.45) is 3.57. The van der Waals surface area contributed by atoms with Gasteiger partial charge in [-0.15, -0.1) is 0 Å². The van der Waals surface area contributed by atoms with Crippen LogP contribution in [0.5, 0.6) is 0 Å². The number of amides is 1. The number of hydrogen-bond acceptors (Lipinski definition) is 2. The number of anilines is 1. The van der Waals surface area contributed by atoms with Crippen LogP contribution in [0.2, 0.25) is 5.15 Å². The molecule has 1 aromatic carbocycles. The molecule has 2 heterocycles. The highest BCUT2D eigenvalue weighted by Crippen LogP contribution is 2.28. The zero-order valence-corrected chi connectivity index (χ0v) is 11.1. The normalized spacial score (nSPS) is 14.1. The fourth-order valence-corrected chi connectivity index (χ4v) is 2.61. The molecule has 1 aliphatic heterocycles. The lowest BCUT2D eigenvalue weighted by atomic mass is 10.0. The first-order valence-electron chi connectivity index (χ1n) is 6.27. The van der Waals surface area contributed by atoms with Crippen molar-refractivity contribution >= 4 is 23.2 Å². The van der Waals surface area contributed by atoms with E-state index in [-0.39, 0.29) is 5.91 Å². The van der Waals surface area contributed by atoms with Gasteiger partial charge >= 0.3 is 0 Å². The molecule has 3 nitrogen and oxygen atoms in total. The second kappa shape index (κ2) is 5.02. The van der Waals surface area contributed by atoms with Crippen LogP contribution in [-0.4, -0.2) is 17.4 Å². The average molecular weight is 273 g/mol. The SMILES string of the molecule is O=C(c1ccnc(Cl)c1)N1CCCc2ccccc21. The predicted molar refractivity (Wildman–Crippen MR) is 75.7 cm³/mol. The number of aromatic nitrogens is 1. The minimum absolute atomic E-state index is 0.0172. The van der Waals surface area contributed by atoms with E-state index in [9.17, 15) is 4.79 Å². The summed E-state index contributed by atoms with van der Waals surface area (Å²) >= 11 is 5.85. The van der Waals surface area contributed by atoms with E-state index in [1.165, 1.54) is 5.56 Å². The summed E-state index contributed by atoms with van der Waals surface area (Å²) in [6.45, 7) is 0.746. The van der Waals surface area contributed by atoms with Crippen molar-refractivity contribution in [1.29, 1.82) is 0 Å². The third kappa shape index (κ3) is 2.34. The fraction of sp³-hybridized carbons (Fsp3) is 0.200. The van der Waals surface area contributed by atoms with Crippen molar-refractivity contribution in [2.24, 2.45) is 0 Å². The first-order chi connectivity index (χ1) is 9.25. The van der Waals surface area contributed by atoms with Crippen LogP contribution in [0, 0.1) is 0 Å². The molecule has 0 unspecified atom stereocenters. The first kappa shape index (κ1) is 12.2. The van der Waals surface area contributed by atoms with Crippen molar-refractivity contribution in [1.82, 2.24) is 4.98 Å². The Hall–Kier alpha value is -1.87. The minimum Gasteiger partial charge on any atom is -0.308 e. The van der Waals surface area contributed by atoms with Crippen molar-refractivity contribution in [3.63, 3.8) is 0 Å². The van der Waals surface area contributed by atoms with Crippen molar-refractivity contribution in [2.45, 2.75) is 12.8 Å². The highest BCUT2D eigenvalue weighted by Gasteiger charge is 2.23. The molecule has 1 amide bonds. The zero-order chi connectivity index (χ0) is 13.2. The topological polar surface area (TPSA) is 33.2 Å². The standard InChI is InChI=1S/C15H13ClN2O/c16-14-10-12(7-8-17-14)15(19)18-9-3-5-11-4-1-2-6-13(11)18/h1-2,4,6-8,10H,3,5,9H2. The van der Waals surface area contributed by atoms with Gasteiger partial charge < -0.3 is 4.90 Å². The summed E-state index contributed by atoms with van der Waals surface area (Å²) in [4.78, 5) is 18.3. The molecule has 0 N–H and O–H groups in total. The molecule has 1 aromatic heterocycles. The number of hydrogen-bond donors (Lipinski definition) is 0. The average Bonchev–Trinajstić information content (AvgIpc) is 2.46. The molecule has 0 bridgehead atoms. The van der Waals surface area contributed by atoms with Crippen LogP contribution in [-0.2, 0) is 6.42 Å². The smallest absolute Gasteiger partial charge is 0.258 e. The van der Waals surface area contributed by atoms with E-state index in [2.05, 4.69) is 11.1 Å². The van der Waals surface area contributed by atoms with Gasteiger partial charge in [-0.2, -0.15) is 0 Å². The van der Waals surface area contributed by atoms with E-state index >= 15 is 0 Å². The van der Waals surface area contributed by atoms with Gasteiger partial charge in [-0.05, 0) is 36.6 Å². The Balaban J connectivity index is 1.98. The van der Waals surface area contributed by atoms with E-state index in [1.54, 1.807) is 18.3 Å². The van der Waals surface area contributed by atoms with Crippen LogP contribution in [0.3, 0.4) is 0 Å².